The van der Waals surface area contributed by atoms with E-state index < -0.39 is 0 Å². The molecule has 0 saturated heterocycles. The molecule has 2 aromatic rings. The first-order valence-electron chi connectivity index (χ1n) is 6.01. The van der Waals surface area contributed by atoms with Crippen molar-refractivity contribution in [2.75, 3.05) is 11.9 Å². The Hall–Kier alpha value is -2.04. The van der Waals surface area contributed by atoms with Crippen molar-refractivity contribution in [1.29, 1.82) is 0 Å². The summed E-state index contributed by atoms with van der Waals surface area (Å²) in [6, 6.07) is 3.78. The highest BCUT2D eigenvalue weighted by Gasteiger charge is 2.06. The quantitative estimate of drug-likeness (QED) is 0.878. The monoisotopic (exact) mass is 246 g/mol. The van der Waals surface area contributed by atoms with Crippen molar-refractivity contribution in [3.63, 3.8) is 0 Å². The van der Waals surface area contributed by atoms with Crippen molar-refractivity contribution >= 4 is 5.82 Å². The molecule has 0 fully saturated rings. The Labute approximate surface area is 107 Å². The normalized spacial score (nSPS) is 10.4. The lowest BCUT2D eigenvalue weighted by Gasteiger charge is -2.10. The summed E-state index contributed by atoms with van der Waals surface area (Å²) >= 11 is 0. The van der Waals surface area contributed by atoms with Crippen LogP contribution >= 0.6 is 0 Å². The van der Waals surface area contributed by atoms with E-state index in [1.54, 1.807) is 6.20 Å². The lowest BCUT2D eigenvalue weighted by molar-refractivity contribution is 0.340. The van der Waals surface area contributed by atoms with Crippen LogP contribution in [0.5, 0.6) is 5.75 Å². The van der Waals surface area contributed by atoms with Crippen molar-refractivity contribution in [2.24, 2.45) is 7.05 Å². The molecular formula is C13H18N4O. The number of rotatable bonds is 5. The second-order valence-corrected chi connectivity index (χ2v) is 4.05. The van der Waals surface area contributed by atoms with Gasteiger partial charge in [0.1, 0.15) is 0 Å². The van der Waals surface area contributed by atoms with Gasteiger partial charge in [0, 0.05) is 31.5 Å². The minimum absolute atomic E-state index is 0.631. The first-order valence-corrected chi connectivity index (χ1v) is 6.01. The Morgan fingerprint density at radius 3 is 2.94 bits per heavy atom. The topological polar surface area (TPSA) is 52.0 Å². The smallest absolute Gasteiger partial charge is 0.169 e. The van der Waals surface area contributed by atoms with E-state index in [1.807, 2.05) is 43.9 Å². The zero-order valence-corrected chi connectivity index (χ0v) is 11.0. The van der Waals surface area contributed by atoms with Crippen LogP contribution in [0.25, 0.3) is 0 Å². The number of aryl methyl sites for hydroxylation is 2. The highest BCUT2D eigenvalue weighted by Crippen LogP contribution is 2.21. The second kappa shape index (κ2) is 5.53. The van der Waals surface area contributed by atoms with Crippen LogP contribution < -0.4 is 10.1 Å². The third-order valence-electron chi connectivity index (χ3n) is 2.63. The summed E-state index contributed by atoms with van der Waals surface area (Å²) in [4.78, 5) is 4.29. The number of nitrogens with one attached hydrogen (secondary N) is 1. The van der Waals surface area contributed by atoms with Crippen LogP contribution in [-0.2, 0) is 13.6 Å². The van der Waals surface area contributed by atoms with Crippen molar-refractivity contribution < 1.29 is 4.74 Å². The Bertz CT molecular complexity index is 521. The maximum Gasteiger partial charge on any atom is 0.169 e. The maximum atomic E-state index is 5.52. The standard InChI is InChI=1S/C13H18N4O/c1-4-18-12-6-5-7-14-13(12)15-8-11-9-17(3)16-10(11)2/h5-7,9H,4,8H2,1-3H3,(H,14,15). The second-order valence-electron chi connectivity index (χ2n) is 4.05. The van der Waals surface area contributed by atoms with E-state index in [0.29, 0.717) is 13.2 Å². The van der Waals surface area contributed by atoms with Crippen molar-refractivity contribution in [2.45, 2.75) is 20.4 Å². The molecule has 0 spiro atoms. The Morgan fingerprint density at radius 1 is 1.44 bits per heavy atom. The summed E-state index contributed by atoms with van der Waals surface area (Å²) in [6.07, 6.45) is 3.76. The fraction of sp³-hybridized carbons (Fsp3) is 0.385. The van der Waals surface area contributed by atoms with Crippen LogP contribution in [0.4, 0.5) is 5.82 Å². The van der Waals surface area contributed by atoms with Gasteiger partial charge in [-0.3, -0.25) is 4.68 Å². The zero-order chi connectivity index (χ0) is 13.0. The Kier molecular flexibility index (Phi) is 3.82. The minimum Gasteiger partial charge on any atom is -0.490 e. The lowest BCUT2D eigenvalue weighted by atomic mass is 10.2. The van der Waals surface area contributed by atoms with E-state index in [9.17, 15) is 0 Å². The van der Waals surface area contributed by atoms with E-state index in [4.69, 9.17) is 4.74 Å². The molecule has 0 saturated carbocycles. The molecule has 18 heavy (non-hydrogen) atoms. The molecule has 2 rings (SSSR count). The van der Waals surface area contributed by atoms with Gasteiger partial charge in [-0.2, -0.15) is 5.10 Å². The van der Waals surface area contributed by atoms with Gasteiger partial charge in [-0.15, -0.1) is 0 Å². The zero-order valence-electron chi connectivity index (χ0n) is 11.0. The summed E-state index contributed by atoms with van der Waals surface area (Å²) < 4.78 is 7.33. The van der Waals surface area contributed by atoms with Crippen LogP contribution in [0.1, 0.15) is 18.2 Å². The van der Waals surface area contributed by atoms with Gasteiger partial charge < -0.3 is 10.1 Å². The van der Waals surface area contributed by atoms with Gasteiger partial charge in [0.05, 0.1) is 12.3 Å². The van der Waals surface area contributed by atoms with Gasteiger partial charge in [0.2, 0.25) is 0 Å². The molecule has 0 aliphatic heterocycles. The molecule has 1 N–H and O–H groups in total. The number of nitrogens with zero attached hydrogens (tertiary/aromatic N) is 3. The average Bonchev–Trinajstić information content (AvgIpc) is 2.67. The molecule has 2 aromatic heterocycles. The lowest BCUT2D eigenvalue weighted by Crippen LogP contribution is -2.04. The molecule has 0 bridgehead atoms. The molecule has 0 atom stereocenters. The van der Waals surface area contributed by atoms with Gasteiger partial charge in [-0.25, -0.2) is 4.98 Å². The van der Waals surface area contributed by atoms with Crippen LogP contribution in [-0.4, -0.2) is 21.4 Å². The van der Waals surface area contributed by atoms with E-state index in [0.717, 1.165) is 22.8 Å². The molecule has 0 amide bonds. The van der Waals surface area contributed by atoms with Gasteiger partial charge in [0.25, 0.3) is 0 Å². The number of pyridine rings is 1. The van der Waals surface area contributed by atoms with Crippen LogP contribution in [0.2, 0.25) is 0 Å². The van der Waals surface area contributed by atoms with Gasteiger partial charge in [-0.1, -0.05) is 0 Å². The van der Waals surface area contributed by atoms with Crippen molar-refractivity contribution in [3.05, 3.63) is 35.8 Å². The summed E-state index contributed by atoms with van der Waals surface area (Å²) in [5.74, 6) is 1.55. The number of anilines is 1. The number of ether oxygens (including phenoxy) is 1. The molecular weight excluding hydrogens is 228 g/mol. The van der Waals surface area contributed by atoms with Gasteiger partial charge in [-0.05, 0) is 26.0 Å². The molecule has 0 aromatic carbocycles. The predicted molar refractivity (Wildman–Crippen MR) is 70.7 cm³/mol. The summed E-state index contributed by atoms with van der Waals surface area (Å²) in [5, 5.41) is 7.59. The first kappa shape index (κ1) is 12.4. The molecule has 0 unspecified atom stereocenters. The average molecular weight is 246 g/mol. The highest BCUT2D eigenvalue weighted by molar-refractivity contribution is 5.49. The van der Waals surface area contributed by atoms with E-state index in [2.05, 4.69) is 15.4 Å². The predicted octanol–water partition coefficient (Wildman–Crippen LogP) is 2.13. The minimum atomic E-state index is 0.631. The van der Waals surface area contributed by atoms with Crippen LogP contribution in [0.15, 0.2) is 24.5 Å². The molecule has 0 radical (unpaired) electrons. The Morgan fingerprint density at radius 2 is 2.28 bits per heavy atom. The SMILES string of the molecule is CCOc1cccnc1NCc1cn(C)nc1C. The van der Waals surface area contributed by atoms with Crippen LogP contribution in [0, 0.1) is 6.92 Å². The molecule has 0 aliphatic carbocycles. The fourth-order valence-corrected chi connectivity index (χ4v) is 1.80. The molecule has 5 heteroatoms. The van der Waals surface area contributed by atoms with Crippen LogP contribution in [0.3, 0.4) is 0 Å². The molecule has 5 nitrogen and oxygen atoms in total. The van der Waals surface area contributed by atoms with Crippen molar-refractivity contribution in [1.82, 2.24) is 14.8 Å². The van der Waals surface area contributed by atoms with Gasteiger partial charge in [0.15, 0.2) is 11.6 Å². The van der Waals surface area contributed by atoms with E-state index >= 15 is 0 Å². The van der Waals surface area contributed by atoms with Crippen molar-refractivity contribution in [3.8, 4) is 5.75 Å². The van der Waals surface area contributed by atoms with E-state index in [-0.39, 0.29) is 0 Å². The first-order chi connectivity index (χ1) is 8.70. The third kappa shape index (κ3) is 2.80. The number of hydrogen-bond acceptors (Lipinski definition) is 4. The molecule has 2 heterocycles. The van der Waals surface area contributed by atoms with Gasteiger partial charge >= 0.3 is 0 Å². The largest absolute Gasteiger partial charge is 0.490 e. The third-order valence-corrected chi connectivity index (χ3v) is 2.63. The summed E-state index contributed by atoms with van der Waals surface area (Å²) in [7, 11) is 1.92. The van der Waals surface area contributed by atoms with E-state index in [1.165, 1.54) is 0 Å². The number of hydrogen-bond donors (Lipinski definition) is 1. The summed E-state index contributed by atoms with van der Waals surface area (Å²) in [5.41, 5.74) is 2.18. The molecule has 0 aliphatic rings. The summed E-state index contributed by atoms with van der Waals surface area (Å²) in [6.45, 7) is 5.28. The fourth-order valence-electron chi connectivity index (χ4n) is 1.80. The Balaban J connectivity index is 2.08. The maximum absolute atomic E-state index is 5.52. The highest BCUT2D eigenvalue weighted by atomic mass is 16.5. The molecule has 96 valence electrons. The number of aromatic nitrogens is 3.